The first-order valence-corrected chi connectivity index (χ1v) is 10.3. The minimum absolute atomic E-state index is 0.0483. The Kier molecular flexibility index (Phi) is 4.28. The quantitative estimate of drug-likeness (QED) is 0.524. The molecule has 0 unspecified atom stereocenters. The predicted molar refractivity (Wildman–Crippen MR) is 115 cm³/mol. The molecular weight excluding hydrogens is 384 g/mol. The van der Waals surface area contributed by atoms with E-state index in [1.165, 1.54) is 0 Å². The van der Waals surface area contributed by atoms with Crippen LogP contribution in [0.15, 0.2) is 48.8 Å². The molecule has 3 aromatic heterocycles. The van der Waals surface area contributed by atoms with Gasteiger partial charge < -0.3 is 9.80 Å². The van der Waals surface area contributed by atoms with Gasteiger partial charge in [0.1, 0.15) is 16.5 Å². The van der Waals surface area contributed by atoms with Crippen molar-refractivity contribution in [3.8, 4) is 10.4 Å². The zero-order valence-corrected chi connectivity index (χ0v) is 17.1. The molecule has 5 rings (SSSR count). The second-order valence-electron chi connectivity index (χ2n) is 7.13. The van der Waals surface area contributed by atoms with Gasteiger partial charge >= 0.3 is 0 Å². The summed E-state index contributed by atoms with van der Waals surface area (Å²) in [5.74, 6) is 1.60. The predicted octanol–water partition coefficient (Wildman–Crippen LogP) is 3.25. The normalized spacial score (nSPS) is 14.8. The summed E-state index contributed by atoms with van der Waals surface area (Å²) in [6.45, 7) is 3.50. The molecule has 0 aliphatic carbocycles. The fourth-order valence-electron chi connectivity index (χ4n) is 3.67. The summed E-state index contributed by atoms with van der Waals surface area (Å²) in [5.41, 5.74) is 2.00. The average Bonchev–Trinajstić information content (AvgIpc) is 3.34. The van der Waals surface area contributed by atoms with Crippen LogP contribution >= 0.6 is 11.3 Å². The van der Waals surface area contributed by atoms with Crippen LogP contribution in [0.4, 0.5) is 11.5 Å². The number of carbonyl (C=O) groups is 1. The van der Waals surface area contributed by atoms with E-state index >= 15 is 0 Å². The highest BCUT2D eigenvalue weighted by molar-refractivity contribution is 7.21. The van der Waals surface area contributed by atoms with E-state index in [4.69, 9.17) is 4.98 Å². The van der Waals surface area contributed by atoms with Gasteiger partial charge in [-0.25, -0.2) is 9.97 Å². The summed E-state index contributed by atoms with van der Waals surface area (Å²) in [6, 6.07) is 12.4. The van der Waals surface area contributed by atoms with E-state index in [-0.39, 0.29) is 12.5 Å². The number of fused-ring (bicyclic) bond motifs is 1. The Morgan fingerprint density at radius 1 is 1.10 bits per heavy atom. The van der Waals surface area contributed by atoms with Gasteiger partial charge in [0.2, 0.25) is 5.91 Å². The van der Waals surface area contributed by atoms with Gasteiger partial charge in [-0.2, -0.15) is 5.10 Å². The summed E-state index contributed by atoms with van der Waals surface area (Å²) >= 11 is 1.66. The Bertz CT molecular complexity index is 1200. The molecule has 0 saturated carbocycles. The zero-order chi connectivity index (χ0) is 20.0. The number of piperazine rings is 1. The van der Waals surface area contributed by atoms with Crippen molar-refractivity contribution in [2.45, 2.75) is 6.92 Å². The first kappa shape index (κ1) is 17.8. The molecule has 1 aliphatic heterocycles. The van der Waals surface area contributed by atoms with Crippen molar-refractivity contribution < 1.29 is 4.79 Å². The van der Waals surface area contributed by atoms with Crippen molar-refractivity contribution in [1.82, 2.24) is 19.7 Å². The van der Waals surface area contributed by atoms with E-state index in [9.17, 15) is 4.79 Å². The lowest BCUT2D eigenvalue weighted by Gasteiger charge is -2.34. The van der Waals surface area contributed by atoms with Crippen LogP contribution in [-0.4, -0.2) is 45.3 Å². The van der Waals surface area contributed by atoms with Crippen LogP contribution in [-0.2, 0) is 11.8 Å². The van der Waals surface area contributed by atoms with Gasteiger partial charge in [-0.3, -0.25) is 9.48 Å². The molecule has 4 heterocycles. The fraction of sp³-hybridized carbons (Fsp3) is 0.238. The first-order valence-electron chi connectivity index (χ1n) is 9.46. The molecule has 8 heteroatoms. The molecule has 1 aromatic carbocycles. The van der Waals surface area contributed by atoms with E-state index in [1.807, 2.05) is 38.4 Å². The van der Waals surface area contributed by atoms with Gasteiger partial charge in [-0.05, 0) is 18.6 Å². The minimum atomic E-state index is 0.0483. The number of nitrogens with zero attached hydrogens (tertiary/aromatic N) is 6. The van der Waals surface area contributed by atoms with Crippen LogP contribution < -0.4 is 9.80 Å². The fourth-order valence-corrected chi connectivity index (χ4v) is 4.75. The van der Waals surface area contributed by atoms with E-state index in [0.717, 1.165) is 38.0 Å². The molecule has 1 fully saturated rings. The van der Waals surface area contributed by atoms with Crippen LogP contribution in [0, 0.1) is 6.92 Å². The number of amides is 1. The lowest BCUT2D eigenvalue weighted by atomic mass is 10.2. The SMILES string of the molecule is Cc1nc(N2CCN(c3cnn(C)c3)C(=O)C2)c2cc(-c3ccccc3)sc2n1. The minimum Gasteiger partial charge on any atom is -0.345 e. The molecule has 0 bridgehead atoms. The average molecular weight is 404 g/mol. The van der Waals surface area contributed by atoms with E-state index in [0.29, 0.717) is 13.1 Å². The molecule has 0 radical (unpaired) electrons. The van der Waals surface area contributed by atoms with E-state index < -0.39 is 0 Å². The number of thiophene rings is 1. The second kappa shape index (κ2) is 6.97. The Balaban J connectivity index is 1.49. The largest absolute Gasteiger partial charge is 0.345 e. The van der Waals surface area contributed by atoms with Crippen LogP contribution in [0.2, 0.25) is 0 Å². The van der Waals surface area contributed by atoms with Crippen molar-refractivity contribution in [3.63, 3.8) is 0 Å². The second-order valence-corrected chi connectivity index (χ2v) is 8.16. The number of aromatic nitrogens is 4. The first-order chi connectivity index (χ1) is 14.1. The third kappa shape index (κ3) is 3.25. The molecule has 0 N–H and O–H groups in total. The number of hydrogen-bond donors (Lipinski definition) is 0. The highest BCUT2D eigenvalue weighted by Gasteiger charge is 2.28. The highest BCUT2D eigenvalue weighted by atomic mass is 32.1. The number of rotatable bonds is 3. The molecule has 146 valence electrons. The number of anilines is 2. The van der Waals surface area contributed by atoms with Crippen LogP contribution in [0.5, 0.6) is 0 Å². The highest BCUT2D eigenvalue weighted by Crippen LogP contribution is 2.37. The van der Waals surface area contributed by atoms with E-state index in [2.05, 4.69) is 33.2 Å². The summed E-state index contributed by atoms with van der Waals surface area (Å²) in [5, 5.41) is 5.18. The van der Waals surface area contributed by atoms with Gasteiger partial charge in [0.05, 0.1) is 23.8 Å². The molecular formula is C21H20N6OS. The molecule has 1 saturated heterocycles. The summed E-state index contributed by atoms with van der Waals surface area (Å²) < 4.78 is 1.71. The van der Waals surface area contributed by atoms with Gasteiger partial charge in [0.25, 0.3) is 0 Å². The Morgan fingerprint density at radius 2 is 1.93 bits per heavy atom. The standard InChI is InChI=1S/C21H20N6OS/c1-14-23-20(17-10-18(29-21(17)24-14)15-6-4-3-5-7-15)26-8-9-27(19(28)13-26)16-11-22-25(2)12-16/h3-7,10-12H,8-9,13H2,1-2H3. The Morgan fingerprint density at radius 3 is 2.66 bits per heavy atom. The number of carbonyl (C=O) groups excluding carboxylic acids is 1. The molecule has 29 heavy (non-hydrogen) atoms. The van der Waals surface area contributed by atoms with Crippen molar-refractivity contribution >= 4 is 39.0 Å². The Labute approximate surface area is 172 Å². The molecule has 7 nitrogen and oxygen atoms in total. The maximum Gasteiger partial charge on any atom is 0.246 e. The van der Waals surface area contributed by atoms with Crippen LogP contribution in [0.3, 0.4) is 0 Å². The number of benzene rings is 1. The summed E-state index contributed by atoms with van der Waals surface area (Å²) in [4.78, 5) is 28.1. The molecule has 1 aliphatic rings. The van der Waals surface area contributed by atoms with Gasteiger partial charge in [0.15, 0.2) is 0 Å². The van der Waals surface area contributed by atoms with Crippen LogP contribution in [0.1, 0.15) is 5.82 Å². The molecule has 4 aromatic rings. The molecule has 0 atom stereocenters. The van der Waals surface area contributed by atoms with Crippen molar-refractivity contribution in [2.24, 2.45) is 7.05 Å². The maximum absolute atomic E-state index is 12.8. The molecule has 0 spiro atoms. The number of hydrogen-bond acceptors (Lipinski definition) is 6. The van der Waals surface area contributed by atoms with Gasteiger partial charge in [0, 0.05) is 31.2 Å². The third-order valence-electron chi connectivity index (χ3n) is 5.07. The monoisotopic (exact) mass is 404 g/mol. The topological polar surface area (TPSA) is 67.2 Å². The van der Waals surface area contributed by atoms with E-state index in [1.54, 1.807) is 27.1 Å². The van der Waals surface area contributed by atoms with Crippen LogP contribution in [0.25, 0.3) is 20.7 Å². The summed E-state index contributed by atoms with van der Waals surface area (Å²) in [6.07, 6.45) is 3.59. The van der Waals surface area contributed by atoms with Gasteiger partial charge in [-0.15, -0.1) is 11.3 Å². The lowest BCUT2D eigenvalue weighted by molar-refractivity contribution is -0.117. The van der Waals surface area contributed by atoms with Crippen molar-refractivity contribution in [1.29, 1.82) is 0 Å². The zero-order valence-electron chi connectivity index (χ0n) is 16.2. The Hall–Kier alpha value is -3.26. The maximum atomic E-state index is 12.8. The van der Waals surface area contributed by atoms with Crippen molar-refractivity contribution in [2.75, 3.05) is 29.4 Å². The smallest absolute Gasteiger partial charge is 0.246 e. The lowest BCUT2D eigenvalue weighted by Crippen LogP contribution is -2.51. The molecule has 1 amide bonds. The number of aryl methyl sites for hydroxylation is 2. The third-order valence-corrected chi connectivity index (χ3v) is 6.14. The van der Waals surface area contributed by atoms with Gasteiger partial charge in [-0.1, -0.05) is 30.3 Å². The van der Waals surface area contributed by atoms with Crippen molar-refractivity contribution in [3.05, 3.63) is 54.6 Å². The summed E-state index contributed by atoms with van der Waals surface area (Å²) in [7, 11) is 1.85.